The molecule has 10 heteroatoms. The molecule has 3 heterocycles. The SMILES string of the molecule is COc1ccc2nc(N(CCCn3ccnc3)C(=O)c3ccc4c(c3)OCCO4)sc2c1.Cl. The molecule has 0 aliphatic carbocycles. The van der Waals surface area contributed by atoms with Gasteiger partial charge in [-0.1, -0.05) is 11.3 Å². The summed E-state index contributed by atoms with van der Waals surface area (Å²) in [5.41, 5.74) is 1.37. The van der Waals surface area contributed by atoms with Crippen molar-refractivity contribution in [2.45, 2.75) is 13.0 Å². The van der Waals surface area contributed by atoms with Crippen molar-refractivity contribution in [1.29, 1.82) is 0 Å². The maximum absolute atomic E-state index is 13.6. The molecule has 0 N–H and O–H groups in total. The summed E-state index contributed by atoms with van der Waals surface area (Å²) in [6, 6.07) is 11.0. The lowest BCUT2D eigenvalue weighted by Crippen LogP contribution is -2.32. The Morgan fingerprint density at radius 1 is 1.18 bits per heavy atom. The zero-order valence-electron chi connectivity index (χ0n) is 18.0. The lowest BCUT2D eigenvalue weighted by molar-refractivity contribution is 0.0985. The Morgan fingerprint density at radius 3 is 2.82 bits per heavy atom. The van der Waals surface area contributed by atoms with Gasteiger partial charge in [-0.3, -0.25) is 9.69 Å². The number of hydrogen-bond donors (Lipinski definition) is 0. The van der Waals surface area contributed by atoms with Crippen LogP contribution in [0.5, 0.6) is 17.2 Å². The van der Waals surface area contributed by atoms with Crippen LogP contribution in [0.15, 0.2) is 55.1 Å². The number of nitrogens with zero attached hydrogens (tertiary/aromatic N) is 4. The van der Waals surface area contributed by atoms with Crippen LogP contribution < -0.4 is 19.1 Å². The molecule has 4 aromatic rings. The molecule has 0 fully saturated rings. The monoisotopic (exact) mass is 486 g/mol. The lowest BCUT2D eigenvalue weighted by atomic mass is 10.1. The molecule has 2 aromatic heterocycles. The number of methoxy groups -OCH3 is 1. The minimum atomic E-state index is -0.126. The maximum atomic E-state index is 13.6. The van der Waals surface area contributed by atoms with Crippen molar-refractivity contribution in [3.63, 3.8) is 0 Å². The second-order valence-corrected chi connectivity index (χ2v) is 8.31. The molecular weight excluding hydrogens is 464 g/mol. The maximum Gasteiger partial charge on any atom is 0.260 e. The molecule has 0 unspecified atom stereocenters. The summed E-state index contributed by atoms with van der Waals surface area (Å²) in [6.07, 6.45) is 6.19. The Labute approximate surface area is 201 Å². The third kappa shape index (κ3) is 4.89. The number of imidazole rings is 1. The topological polar surface area (TPSA) is 78.7 Å². The van der Waals surface area contributed by atoms with Crippen molar-refractivity contribution in [1.82, 2.24) is 14.5 Å². The van der Waals surface area contributed by atoms with Gasteiger partial charge >= 0.3 is 0 Å². The van der Waals surface area contributed by atoms with Gasteiger partial charge in [-0.15, -0.1) is 12.4 Å². The zero-order chi connectivity index (χ0) is 21.9. The third-order valence-corrected chi connectivity index (χ3v) is 6.25. The van der Waals surface area contributed by atoms with Gasteiger partial charge in [0.2, 0.25) is 0 Å². The van der Waals surface area contributed by atoms with Crippen molar-refractivity contribution in [2.75, 3.05) is 31.8 Å². The number of hydrogen-bond acceptors (Lipinski definition) is 7. The average Bonchev–Trinajstić information content (AvgIpc) is 3.50. The minimum absolute atomic E-state index is 0. The first-order valence-electron chi connectivity index (χ1n) is 10.3. The Morgan fingerprint density at radius 2 is 2.03 bits per heavy atom. The van der Waals surface area contributed by atoms with Crippen LogP contribution in [0.1, 0.15) is 16.8 Å². The van der Waals surface area contributed by atoms with E-state index in [9.17, 15) is 4.79 Å². The number of amides is 1. The number of aryl methyl sites for hydroxylation is 1. The highest BCUT2D eigenvalue weighted by atomic mass is 35.5. The number of carbonyl (C=O) groups is 1. The highest BCUT2D eigenvalue weighted by Gasteiger charge is 2.23. The smallest absolute Gasteiger partial charge is 0.260 e. The molecule has 0 spiro atoms. The fourth-order valence-corrected chi connectivity index (χ4v) is 4.60. The van der Waals surface area contributed by atoms with Crippen LogP contribution in [0.3, 0.4) is 0 Å². The molecule has 5 rings (SSSR count). The molecular formula is C23H23ClN4O4S. The highest BCUT2D eigenvalue weighted by Crippen LogP contribution is 2.34. The first kappa shape index (κ1) is 22.9. The largest absolute Gasteiger partial charge is 0.497 e. The van der Waals surface area contributed by atoms with Crippen LogP contribution in [-0.4, -0.2) is 47.3 Å². The lowest BCUT2D eigenvalue weighted by Gasteiger charge is -2.22. The summed E-state index contributed by atoms with van der Waals surface area (Å²) < 4.78 is 19.6. The summed E-state index contributed by atoms with van der Waals surface area (Å²) in [7, 11) is 1.64. The second kappa shape index (κ2) is 10.1. The number of aromatic nitrogens is 3. The Bertz CT molecular complexity index is 1240. The Kier molecular flexibility index (Phi) is 7.00. The van der Waals surface area contributed by atoms with Crippen molar-refractivity contribution in [3.05, 3.63) is 60.7 Å². The van der Waals surface area contributed by atoms with Gasteiger partial charge in [0.1, 0.15) is 19.0 Å². The van der Waals surface area contributed by atoms with E-state index in [1.165, 1.54) is 11.3 Å². The molecule has 1 aliphatic rings. The van der Waals surface area contributed by atoms with Crippen LogP contribution in [-0.2, 0) is 6.54 Å². The number of fused-ring (bicyclic) bond motifs is 2. The molecule has 1 aliphatic heterocycles. The van der Waals surface area contributed by atoms with Crippen LogP contribution in [0, 0.1) is 0 Å². The fraction of sp³-hybridized carbons (Fsp3) is 0.261. The van der Waals surface area contributed by atoms with E-state index in [2.05, 4.69) is 4.98 Å². The minimum Gasteiger partial charge on any atom is -0.497 e. The van der Waals surface area contributed by atoms with Gasteiger partial charge in [0.15, 0.2) is 16.6 Å². The highest BCUT2D eigenvalue weighted by molar-refractivity contribution is 7.22. The molecule has 0 saturated heterocycles. The summed E-state index contributed by atoms with van der Waals surface area (Å²) >= 11 is 1.47. The standard InChI is InChI=1S/C23H22N4O4S.ClH/c1-29-17-4-5-18-21(14-17)32-23(25-18)27(9-2-8-26-10-7-24-15-26)22(28)16-3-6-19-20(13-16)31-12-11-30-19;/h3-7,10,13-15H,2,8-9,11-12H2,1H3;1H. The zero-order valence-corrected chi connectivity index (χ0v) is 19.6. The van der Waals surface area contributed by atoms with Crippen molar-refractivity contribution in [2.24, 2.45) is 0 Å². The number of halogens is 1. The van der Waals surface area contributed by atoms with E-state index in [0.717, 1.165) is 28.9 Å². The van der Waals surface area contributed by atoms with Gasteiger partial charge < -0.3 is 18.8 Å². The molecule has 2 aromatic carbocycles. The third-order valence-electron chi connectivity index (χ3n) is 5.21. The van der Waals surface area contributed by atoms with Gasteiger partial charge in [-0.25, -0.2) is 9.97 Å². The first-order valence-corrected chi connectivity index (χ1v) is 11.1. The van der Waals surface area contributed by atoms with E-state index in [0.29, 0.717) is 42.0 Å². The van der Waals surface area contributed by atoms with Gasteiger partial charge in [0.25, 0.3) is 5.91 Å². The van der Waals surface area contributed by atoms with Gasteiger partial charge in [0, 0.05) is 31.0 Å². The molecule has 8 nitrogen and oxygen atoms in total. The summed E-state index contributed by atoms with van der Waals surface area (Å²) in [5.74, 6) is 1.89. The summed E-state index contributed by atoms with van der Waals surface area (Å²) in [5, 5.41) is 0.652. The molecule has 0 bridgehead atoms. The number of rotatable bonds is 7. The van der Waals surface area contributed by atoms with Crippen LogP contribution in [0.25, 0.3) is 10.2 Å². The number of benzene rings is 2. The molecule has 0 saturated carbocycles. The van der Waals surface area contributed by atoms with E-state index < -0.39 is 0 Å². The van der Waals surface area contributed by atoms with Crippen molar-refractivity contribution in [3.8, 4) is 17.2 Å². The predicted molar refractivity (Wildman–Crippen MR) is 129 cm³/mol. The van der Waals surface area contributed by atoms with E-state index in [1.54, 1.807) is 42.7 Å². The first-order chi connectivity index (χ1) is 15.7. The van der Waals surface area contributed by atoms with Crippen LogP contribution in [0.2, 0.25) is 0 Å². The van der Waals surface area contributed by atoms with Crippen molar-refractivity contribution < 1.29 is 19.0 Å². The molecule has 0 radical (unpaired) electrons. The molecule has 0 atom stereocenters. The molecule has 172 valence electrons. The van der Waals surface area contributed by atoms with Crippen molar-refractivity contribution >= 4 is 45.0 Å². The Hall–Kier alpha value is -3.30. The molecule has 33 heavy (non-hydrogen) atoms. The number of carbonyl (C=O) groups excluding carboxylic acids is 1. The number of thiazole rings is 1. The number of ether oxygens (including phenoxy) is 3. The van der Waals surface area contributed by atoms with E-state index in [-0.39, 0.29) is 18.3 Å². The fourth-order valence-electron chi connectivity index (χ4n) is 3.58. The Balaban J connectivity index is 0.00000259. The average molecular weight is 487 g/mol. The van der Waals surface area contributed by atoms with Gasteiger partial charge in [-0.2, -0.15) is 0 Å². The van der Waals surface area contributed by atoms with Gasteiger partial charge in [0.05, 0.1) is 23.7 Å². The quantitative estimate of drug-likeness (QED) is 0.384. The van der Waals surface area contributed by atoms with Crippen LogP contribution >= 0.6 is 23.7 Å². The van der Waals surface area contributed by atoms with Gasteiger partial charge in [-0.05, 0) is 42.8 Å². The second-order valence-electron chi connectivity index (χ2n) is 7.30. The van der Waals surface area contributed by atoms with E-state index in [4.69, 9.17) is 19.2 Å². The van der Waals surface area contributed by atoms with E-state index >= 15 is 0 Å². The molecule has 1 amide bonds. The summed E-state index contributed by atoms with van der Waals surface area (Å²) in [4.78, 5) is 24.1. The normalized spacial score (nSPS) is 12.3. The van der Waals surface area contributed by atoms with E-state index in [1.807, 2.05) is 29.0 Å². The summed E-state index contributed by atoms with van der Waals surface area (Å²) in [6.45, 7) is 2.25. The predicted octanol–water partition coefficient (Wildman–Crippen LogP) is 4.43. The van der Waals surface area contributed by atoms with Crippen LogP contribution in [0.4, 0.5) is 5.13 Å². The number of anilines is 1.